The van der Waals surface area contributed by atoms with E-state index in [1.165, 1.54) is 0 Å². The number of hydrogen-bond acceptors (Lipinski definition) is 3. The van der Waals surface area contributed by atoms with E-state index in [0.717, 1.165) is 35.2 Å². The van der Waals surface area contributed by atoms with Crippen LogP contribution in [0.15, 0.2) is 53.0 Å². The molecule has 7 heteroatoms. The maximum absolute atomic E-state index is 13.0. The minimum Gasteiger partial charge on any atom is -0.321 e. The van der Waals surface area contributed by atoms with E-state index < -0.39 is 0 Å². The fourth-order valence-corrected chi connectivity index (χ4v) is 3.43. The van der Waals surface area contributed by atoms with Crippen molar-refractivity contribution in [3.63, 3.8) is 0 Å². The second-order valence-electron chi connectivity index (χ2n) is 7.08. The van der Waals surface area contributed by atoms with Gasteiger partial charge >= 0.3 is 0 Å². The number of aromatic nitrogens is 2. The first-order chi connectivity index (χ1) is 14.4. The third kappa shape index (κ3) is 4.97. The van der Waals surface area contributed by atoms with Gasteiger partial charge in [-0.2, -0.15) is 5.10 Å². The molecule has 0 bridgehead atoms. The van der Waals surface area contributed by atoms with E-state index in [-0.39, 0.29) is 11.8 Å². The van der Waals surface area contributed by atoms with Crippen molar-refractivity contribution in [1.29, 1.82) is 0 Å². The van der Waals surface area contributed by atoms with Crippen molar-refractivity contribution in [2.75, 3.05) is 10.6 Å². The summed E-state index contributed by atoms with van der Waals surface area (Å²) in [5.74, 6) is -0.564. The van der Waals surface area contributed by atoms with Gasteiger partial charge in [-0.15, -0.1) is 0 Å². The van der Waals surface area contributed by atoms with Crippen LogP contribution in [0.5, 0.6) is 0 Å². The van der Waals surface area contributed by atoms with Crippen molar-refractivity contribution in [1.82, 2.24) is 9.78 Å². The first kappa shape index (κ1) is 21.8. The topological polar surface area (TPSA) is 76.0 Å². The third-order valence-electron chi connectivity index (χ3n) is 4.87. The molecule has 3 rings (SSSR count). The molecule has 2 amide bonds. The largest absolute Gasteiger partial charge is 0.321 e. The lowest BCUT2D eigenvalue weighted by Gasteiger charge is -2.12. The number of anilines is 2. The van der Waals surface area contributed by atoms with Crippen LogP contribution < -0.4 is 10.6 Å². The standard InChI is InChI=1S/C23H25BrN4O2/c1-4-5-14-28-16(3)21(15(2)27-28)26-23(30)19-8-6-7-9-20(19)25-22(29)17-10-12-18(24)13-11-17/h6-13H,4-5,14H2,1-3H3,(H,25,29)(H,26,30). The molecule has 0 saturated heterocycles. The molecule has 2 aromatic carbocycles. The van der Waals surface area contributed by atoms with Crippen LogP contribution in [0.1, 0.15) is 51.9 Å². The molecule has 0 saturated carbocycles. The maximum atomic E-state index is 13.0. The molecule has 0 aliphatic carbocycles. The summed E-state index contributed by atoms with van der Waals surface area (Å²) in [7, 11) is 0. The van der Waals surface area contributed by atoms with E-state index in [1.54, 1.807) is 48.5 Å². The Kier molecular flexibility index (Phi) is 7.05. The first-order valence-corrected chi connectivity index (χ1v) is 10.7. The zero-order valence-corrected chi connectivity index (χ0v) is 18.9. The third-order valence-corrected chi connectivity index (χ3v) is 5.40. The molecule has 0 spiro atoms. The molecular weight excluding hydrogens is 444 g/mol. The van der Waals surface area contributed by atoms with Gasteiger partial charge in [-0.25, -0.2) is 0 Å². The predicted molar refractivity (Wildman–Crippen MR) is 123 cm³/mol. The predicted octanol–water partition coefficient (Wildman–Crippen LogP) is 5.57. The van der Waals surface area contributed by atoms with Crippen LogP contribution in [-0.4, -0.2) is 21.6 Å². The molecule has 0 unspecified atom stereocenters. The normalized spacial score (nSPS) is 10.7. The Morgan fingerprint density at radius 3 is 2.40 bits per heavy atom. The lowest BCUT2D eigenvalue weighted by Crippen LogP contribution is -2.18. The number of carbonyl (C=O) groups excluding carboxylic acids is 2. The summed E-state index contributed by atoms with van der Waals surface area (Å²) in [6.07, 6.45) is 2.10. The number of nitrogens with zero attached hydrogens (tertiary/aromatic N) is 2. The van der Waals surface area contributed by atoms with Crippen LogP contribution in [0.4, 0.5) is 11.4 Å². The van der Waals surface area contributed by atoms with Crippen molar-refractivity contribution in [2.24, 2.45) is 0 Å². The highest BCUT2D eigenvalue weighted by atomic mass is 79.9. The van der Waals surface area contributed by atoms with Gasteiger partial charge in [0.15, 0.2) is 0 Å². The van der Waals surface area contributed by atoms with E-state index in [1.807, 2.05) is 18.5 Å². The summed E-state index contributed by atoms with van der Waals surface area (Å²) < 4.78 is 2.82. The highest BCUT2D eigenvalue weighted by molar-refractivity contribution is 9.10. The van der Waals surface area contributed by atoms with Gasteiger partial charge in [0.2, 0.25) is 0 Å². The summed E-state index contributed by atoms with van der Waals surface area (Å²) in [6.45, 7) is 6.78. The molecule has 0 atom stereocenters. The minimum absolute atomic E-state index is 0.275. The van der Waals surface area contributed by atoms with Gasteiger partial charge in [-0.3, -0.25) is 14.3 Å². The van der Waals surface area contributed by atoms with Crippen molar-refractivity contribution in [2.45, 2.75) is 40.2 Å². The van der Waals surface area contributed by atoms with Gasteiger partial charge in [-0.05, 0) is 56.7 Å². The van der Waals surface area contributed by atoms with Gasteiger partial charge in [0, 0.05) is 16.6 Å². The molecule has 0 aliphatic rings. The van der Waals surface area contributed by atoms with Crippen LogP contribution in [0.3, 0.4) is 0 Å². The average molecular weight is 469 g/mol. The van der Waals surface area contributed by atoms with Crippen molar-refractivity contribution in [3.8, 4) is 0 Å². The maximum Gasteiger partial charge on any atom is 0.257 e. The number of halogens is 1. The number of carbonyl (C=O) groups is 2. The highest BCUT2D eigenvalue weighted by Crippen LogP contribution is 2.23. The Hall–Kier alpha value is -2.93. The summed E-state index contributed by atoms with van der Waals surface area (Å²) in [5.41, 5.74) is 3.76. The number of unbranched alkanes of at least 4 members (excludes halogenated alkanes) is 1. The van der Waals surface area contributed by atoms with Crippen LogP contribution in [-0.2, 0) is 6.54 Å². The second-order valence-corrected chi connectivity index (χ2v) is 8.00. The lowest BCUT2D eigenvalue weighted by molar-refractivity contribution is 0.102. The summed E-state index contributed by atoms with van der Waals surface area (Å²) in [4.78, 5) is 25.6. The monoisotopic (exact) mass is 468 g/mol. The molecule has 0 aliphatic heterocycles. The van der Waals surface area contributed by atoms with Crippen LogP contribution in [0.2, 0.25) is 0 Å². The Morgan fingerprint density at radius 2 is 1.70 bits per heavy atom. The molecule has 156 valence electrons. The van der Waals surface area contributed by atoms with E-state index in [0.29, 0.717) is 22.5 Å². The van der Waals surface area contributed by atoms with Gasteiger partial charge in [0.25, 0.3) is 11.8 Å². The molecule has 6 nitrogen and oxygen atoms in total. The number of rotatable bonds is 7. The van der Waals surface area contributed by atoms with Crippen molar-refractivity contribution < 1.29 is 9.59 Å². The lowest BCUT2D eigenvalue weighted by atomic mass is 10.1. The molecule has 1 aromatic heterocycles. The molecule has 1 heterocycles. The first-order valence-electron chi connectivity index (χ1n) is 9.92. The number of aryl methyl sites for hydroxylation is 2. The molecule has 30 heavy (non-hydrogen) atoms. The van der Waals surface area contributed by atoms with E-state index in [4.69, 9.17) is 0 Å². The SMILES string of the molecule is CCCCn1nc(C)c(NC(=O)c2ccccc2NC(=O)c2ccc(Br)cc2)c1C. The smallest absolute Gasteiger partial charge is 0.257 e. The average Bonchev–Trinajstić information content (AvgIpc) is 3.00. The van der Waals surface area contributed by atoms with Crippen LogP contribution in [0, 0.1) is 13.8 Å². The van der Waals surface area contributed by atoms with E-state index in [2.05, 4.69) is 38.6 Å². The van der Waals surface area contributed by atoms with E-state index >= 15 is 0 Å². The Bertz CT molecular complexity index is 1060. The molecule has 3 aromatic rings. The molecular formula is C23H25BrN4O2. The van der Waals surface area contributed by atoms with Crippen molar-refractivity contribution >= 4 is 39.1 Å². The number of amides is 2. The Labute approximate surface area is 184 Å². The van der Waals surface area contributed by atoms with Crippen LogP contribution in [0.25, 0.3) is 0 Å². The van der Waals surface area contributed by atoms with Gasteiger partial charge in [0.05, 0.1) is 28.3 Å². The van der Waals surface area contributed by atoms with Gasteiger partial charge in [-0.1, -0.05) is 41.4 Å². The zero-order chi connectivity index (χ0) is 21.7. The zero-order valence-electron chi connectivity index (χ0n) is 17.3. The number of para-hydroxylation sites is 1. The Morgan fingerprint density at radius 1 is 1.00 bits per heavy atom. The van der Waals surface area contributed by atoms with Crippen LogP contribution >= 0.6 is 15.9 Å². The highest BCUT2D eigenvalue weighted by Gasteiger charge is 2.18. The van der Waals surface area contributed by atoms with Crippen molar-refractivity contribution in [3.05, 3.63) is 75.5 Å². The van der Waals surface area contributed by atoms with E-state index in [9.17, 15) is 9.59 Å². The summed E-state index contributed by atoms with van der Waals surface area (Å²) in [6, 6.07) is 14.0. The molecule has 0 radical (unpaired) electrons. The number of hydrogen-bond donors (Lipinski definition) is 2. The summed E-state index contributed by atoms with van der Waals surface area (Å²) in [5, 5.41) is 10.4. The fourth-order valence-electron chi connectivity index (χ4n) is 3.17. The molecule has 2 N–H and O–H groups in total. The number of benzene rings is 2. The minimum atomic E-state index is -0.289. The van der Waals surface area contributed by atoms with Gasteiger partial charge in [0.1, 0.15) is 0 Å². The summed E-state index contributed by atoms with van der Waals surface area (Å²) >= 11 is 3.36. The fraction of sp³-hybridized carbons (Fsp3) is 0.261. The molecule has 0 fully saturated rings. The second kappa shape index (κ2) is 9.71. The Balaban J connectivity index is 1.80. The number of nitrogens with one attached hydrogen (secondary N) is 2. The van der Waals surface area contributed by atoms with Gasteiger partial charge < -0.3 is 10.6 Å². The quantitative estimate of drug-likeness (QED) is 0.475.